The first-order valence-electron chi connectivity index (χ1n) is 7.60. The predicted octanol–water partition coefficient (Wildman–Crippen LogP) is -2.18. The molecule has 1 aliphatic rings. The molecule has 0 aliphatic carbocycles. The molecule has 144 valence electrons. The summed E-state index contributed by atoms with van der Waals surface area (Å²) in [6.45, 7) is -1.61. The van der Waals surface area contributed by atoms with Crippen LogP contribution in [0.3, 0.4) is 0 Å². The lowest BCUT2D eigenvalue weighted by atomic mass is 10.0. The zero-order valence-electron chi connectivity index (χ0n) is 13.5. The fourth-order valence-corrected chi connectivity index (χ4v) is 2.38. The Morgan fingerprint density at radius 2 is 2.00 bits per heavy atom. The number of hydrogen-bond donors (Lipinski definition) is 7. The summed E-state index contributed by atoms with van der Waals surface area (Å²) in [6, 6.07) is 3.89. The van der Waals surface area contributed by atoms with Crippen molar-refractivity contribution in [2.75, 3.05) is 13.2 Å². The predicted molar refractivity (Wildman–Crippen MR) is 84.7 cm³/mol. The van der Waals surface area contributed by atoms with Crippen LogP contribution in [0, 0.1) is 0 Å². The minimum Gasteiger partial charge on any atom is -0.504 e. The molecule has 0 aromatic heterocycles. The number of hydrogen-bond acceptors (Lipinski definition) is 10. The largest absolute Gasteiger partial charge is 0.504 e. The van der Waals surface area contributed by atoms with Crippen molar-refractivity contribution in [2.45, 2.75) is 30.2 Å². The molecular weight excluding hydrogens is 352 g/mol. The zero-order valence-corrected chi connectivity index (χ0v) is 13.5. The van der Waals surface area contributed by atoms with Crippen molar-refractivity contribution in [1.82, 2.24) is 0 Å². The number of carbonyl (C=O) groups is 1. The van der Waals surface area contributed by atoms with Gasteiger partial charge in [-0.3, -0.25) is 0 Å². The molecule has 5 atom stereocenters. The maximum Gasteiger partial charge on any atom is 0.330 e. The molecule has 2 rings (SSSR count). The third-order valence-electron chi connectivity index (χ3n) is 3.88. The highest BCUT2D eigenvalue weighted by Crippen LogP contribution is 2.30. The summed E-state index contributed by atoms with van der Waals surface area (Å²) < 4.78 is 9.64. The summed E-state index contributed by atoms with van der Waals surface area (Å²) >= 11 is 0. The summed E-state index contributed by atoms with van der Waals surface area (Å²) in [4.78, 5) is 11.6. The van der Waals surface area contributed by atoms with Crippen molar-refractivity contribution in [3.8, 4) is 11.5 Å². The van der Waals surface area contributed by atoms with Crippen molar-refractivity contribution < 1.29 is 50.0 Å². The average molecular weight is 372 g/mol. The van der Waals surface area contributed by atoms with Gasteiger partial charge in [0.15, 0.2) is 11.5 Å². The van der Waals surface area contributed by atoms with E-state index < -0.39 is 49.4 Å². The van der Waals surface area contributed by atoms with Gasteiger partial charge >= 0.3 is 5.97 Å². The molecule has 10 heteroatoms. The number of aliphatic hydroxyl groups excluding tert-OH is 4. The Labute approximate surface area is 147 Å². The van der Waals surface area contributed by atoms with Crippen LogP contribution in [0.15, 0.2) is 24.3 Å². The Kier molecular flexibility index (Phi) is 6.18. The van der Waals surface area contributed by atoms with Gasteiger partial charge in [0.25, 0.3) is 0 Å². The number of aliphatic hydroxyl groups is 5. The van der Waals surface area contributed by atoms with Crippen LogP contribution in [0.5, 0.6) is 11.5 Å². The summed E-state index contributed by atoms with van der Waals surface area (Å²) in [7, 11) is 0. The Hall–Kier alpha value is -2.21. The van der Waals surface area contributed by atoms with Gasteiger partial charge in [-0.2, -0.15) is 0 Å². The molecule has 0 bridgehead atoms. The van der Waals surface area contributed by atoms with Crippen molar-refractivity contribution in [1.29, 1.82) is 0 Å². The Morgan fingerprint density at radius 1 is 1.31 bits per heavy atom. The lowest BCUT2D eigenvalue weighted by Crippen LogP contribution is -2.46. The van der Waals surface area contributed by atoms with Crippen LogP contribution in [0.25, 0.3) is 6.08 Å². The molecule has 26 heavy (non-hydrogen) atoms. The van der Waals surface area contributed by atoms with Crippen LogP contribution in [0.4, 0.5) is 0 Å². The Morgan fingerprint density at radius 3 is 2.58 bits per heavy atom. The number of benzene rings is 1. The van der Waals surface area contributed by atoms with Crippen molar-refractivity contribution >= 4 is 12.0 Å². The van der Waals surface area contributed by atoms with Crippen LogP contribution < -0.4 is 0 Å². The van der Waals surface area contributed by atoms with E-state index in [1.54, 1.807) is 0 Å². The molecule has 1 heterocycles. The van der Waals surface area contributed by atoms with E-state index in [0.717, 1.165) is 6.08 Å². The lowest BCUT2D eigenvalue weighted by Gasteiger charge is -2.23. The molecule has 7 N–H and O–H groups in total. The summed E-state index contributed by atoms with van der Waals surface area (Å²) in [5.74, 6) is -3.95. The number of phenolic OH excluding ortho intramolecular Hbond substituents is 2. The number of carbonyl (C=O) groups excluding carboxylic acids is 1. The van der Waals surface area contributed by atoms with Gasteiger partial charge in [-0.1, -0.05) is 6.07 Å². The molecule has 0 radical (unpaired) electrons. The van der Waals surface area contributed by atoms with Gasteiger partial charge in [0.05, 0.1) is 6.61 Å². The van der Waals surface area contributed by atoms with Crippen LogP contribution in [0.2, 0.25) is 0 Å². The van der Waals surface area contributed by atoms with E-state index in [0.29, 0.717) is 5.56 Å². The number of rotatable bonds is 6. The minimum atomic E-state index is -2.42. The summed E-state index contributed by atoms with van der Waals surface area (Å²) in [5.41, 5.74) is 0.406. The van der Waals surface area contributed by atoms with Gasteiger partial charge in [-0.05, 0) is 23.8 Å². The van der Waals surface area contributed by atoms with Crippen LogP contribution in [0.1, 0.15) is 5.56 Å². The van der Waals surface area contributed by atoms with Crippen LogP contribution in [-0.4, -0.2) is 85.1 Å². The normalized spacial score (nSPS) is 29.8. The van der Waals surface area contributed by atoms with Gasteiger partial charge < -0.3 is 45.2 Å². The topological polar surface area (TPSA) is 177 Å². The second-order valence-corrected chi connectivity index (χ2v) is 5.80. The zero-order chi connectivity index (χ0) is 19.5. The van der Waals surface area contributed by atoms with E-state index in [9.17, 15) is 35.4 Å². The molecule has 1 aromatic carbocycles. The first-order chi connectivity index (χ1) is 12.2. The Bertz CT molecular complexity index is 675. The van der Waals surface area contributed by atoms with Crippen LogP contribution >= 0.6 is 0 Å². The molecule has 1 saturated heterocycles. The monoisotopic (exact) mass is 372 g/mol. The highest BCUT2D eigenvalue weighted by Gasteiger charge is 2.55. The summed E-state index contributed by atoms with van der Waals surface area (Å²) in [6.07, 6.45) is -4.29. The number of aromatic hydroxyl groups is 2. The second kappa shape index (κ2) is 7.99. The first-order valence-corrected chi connectivity index (χ1v) is 7.60. The van der Waals surface area contributed by atoms with E-state index in [1.807, 2.05) is 0 Å². The van der Waals surface area contributed by atoms with Gasteiger partial charge in [0, 0.05) is 6.08 Å². The molecule has 1 fully saturated rings. The van der Waals surface area contributed by atoms with Gasteiger partial charge in [0.2, 0.25) is 5.79 Å². The lowest BCUT2D eigenvalue weighted by molar-refractivity contribution is -0.254. The highest BCUT2D eigenvalue weighted by atomic mass is 16.7. The molecule has 0 saturated carbocycles. The molecule has 1 aromatic rings. The van der Waals surface area contributed by atoms with Crippen molar-refractivity contribution in [3.63, 3.8) is 0 Å². The van der Waals surface area contributed by atoms with Crippen molar-refractivity contribution in [3.05, 3.63) is 29.8 Å². The molecule has 1 aliphatic heterocycles. The second-order valence-electron chi connectivity index (χ2n) is 5.80. The number of ether oxygens (including phenoxy) is 2. The molecular formula is C16H20O10. The quantitative estimate of drug-likeness (QED) is 0.165. The third-order valence-corrected chi connectivity index (χ3v) is 3.88. The minimum absolute atomic E-state index is 0.312. The first kappa shape index (κ1) is 20.1. The van der Waals surface area contributed by atoms with E-state index in [4.69, 9.17) is 14.6 Å². The molecule has 0 spiro atoms. The van der Waals surface area contributed by atoms with E-state index in [-0.39, 0.29) is 11.5 Å². The SMILES string of the molecule is O=C(C=Cc1ccc(O)c(O)c1)OC[C@@H](O)[C@H]1O[C@](O)(CO)[C@@H](O)[C@@H]1O. The van der Waals surface area contributed by atoms with E-state index in [2.05, 4.69) is 0 Å². The fraction of sp³-hybridized carbons (Fsp3) is 0.438. The van der Waals surface area contributed by atoms with Crippen molar-refractivity contribution in [2.24, 2.45) is 0 Å². The fourth-order valence-electron chi connectivity index (χ4n) is 2.38. The highest BCUT2D eigenvalue weighted by molar-refractivity contribution is 5.87. The molecule has 10 nitrogen and oxygen atoms in total. The Balaban J connectivity index is 1.88. The number of esters is 1. The number of phenols is 2. The standard InChI is InChI=1S/C16H20O10/c17-7-16(24)15(23)13(22)14(26-16)11(20)6-25-12(21)4-2-8-1-3-9(18)10(19)5-8/h1-5,11,13-15,17-20,22-24H,6-7H2/t11-,13-,14-,15+,16-/m1/s1. The van der Waals surface area contributed by atoms with Gasteiger partial charge in [0.1, 0.15) is 31.0 Å². The molecule has 0 unspecified atom stereocenters. The van der Waals surface area contributed by atoms with E-state index in [1.165, 1.54) is 24.3 Å². The average Bonchev–Trinajstić information content (AvgIpc) is 2.85. The smallest absolute Gasteiger partial charge is 0.330 e. The molecule has 0 amide bonds. The third kappa shape index (κ3) is 4.30. The maximum atomic E-state index is 11.6. The van der Waals surface area contributed by atoms with E-state index >= 15 is 0 Å². The maximum absolute atomic E-state index is 11.6. The van der Waals surface area contributed by atoms with Gasteiger partial charge in [-0.15, -0.1) is 0 Å². The van der Waals surface area contributed by atoms with Gasteiger partial charge in [-0.25, -0.2) is 4.79 Å². The summed E-state index contributed by atoms with van der Waals surface area (Å²) in [5, 5.41) is 66.5. The van der Waals surface area contributed by atoms with Crippen LogP contribution in [-0.2, 0) is 14.3 Å².